The van der Waals surface area contributed by atoms with Gasteiger partial charge in [-0.3, -0.25) is 19.3 Å². The smallest absolute Gasteiger partial charge is 0.261 e. The van der Waals surface area contributed by atoms with Crippen LogP contribution in [0.4, 0.5) is 0 Å². The third-order valence-corrected chi connectivity index (χ3v) is 4.73. The standard InChI is InChI=1S/C17H23N3O3.ClH/c1-3-17(4-2,11-18)16(23)19-9-10-20-14(21)12-7-5-6-8-13(12)15(20)22;/h5-8H,3-4,9-11,18H2,1-2H3,(H,19,23);1H. The number of imide groups is 1. The predicted molar refractivity (Wildman–Crippen MR) is 94.1 cm³/mol. The summed E-state index contributed by atoms with van der Waals surface area (Å²) < 4.78 is 0. The number of hydrogen-bond donors (Lipinski definition) is 2. The number of rotatable bonds is 7. The second kappa shape index (κ2) is 8.26. The Labute approximate surface area is 148 Å². The van der Waals surface area contributed by atoms with Gasteiger partial charge in [0.1, 0.15) is 0 Å². The first kappa shape index (κ1) is 20.1. The summed E-state index contributed by atoms with van der Waals surface area (Å²) in [5.41, 5.74) is 6.00. The van der Waals surface area contributed by atoms with Crippen molar-refractivity contribution in [2.45, 2.75) is 26.7 Å². The van der Waals surface area contributed by atoms with Crippen molar-refractivity contribution < 1.29 is 14.4 Å². The van der Waals surface area contributed by atoms with Crippen molar-refractivity contribution >= 4 is 30.1 Å². The van der Waals surface area contributed by atoms with Gasteiger partial charge in [0.15, 0.2) is 0 Å². The Morgan fingerprint density at radius 2 is 1.62 bits per heavy atom. The molecule has 6 nitrogen and oxygen atoms in total. The lowest BCUT2D eigenvalue weighted by Gasteiger charge is -2.28. The number of nitrogens with one attached hydrogen (secondary N) is 1. The fraction of sp³-hybridized carbons (Fsp3) is 0.471. The maximum Gasteiger partial charge on any atom is 0.261 e. The van der Waals surface area contributed by atoms with E-state index in [-0.39, 0.29) is 49.8 Å². The van der Waals surface area contributed by atoms with Gasteiger partial charge >= 0.3 is 0 Å². The zero-order chi connectivity index (χ0) is 17.0. The van der Waals surface area contributed by atoms with E-state index in [0.29, 0.717) is 24.0 Å². The second-order valence-corrected chi connectivity index (χ2v) is 5.75. The number of hydrogen-bond acceptors (Lipinski definition) is 4. The van der Waals surface area contributed by atoms with Crippen molar-refractivity contribution in [3.8, 4) is 0 Å². The van der Waals surface area contributed by atoms with Crippen molar-refractivity contribution in [3.05, 3.63) is 35.4 Å². The fourth-order valence-electron chi connectivity index (χ4n) is 2.86. The molecule has 1 aromatic rings. The molecule has 0 radical (unpaired) electrons. The molecular weight excluding hydrogens is 330 g/mol. The summed E-state index contributed by atoms with van der Waals surface area (Å²) in [4.78, 5) is 37.9. The van der Waals surface area contributed by atoms with Crippen LogP contribution in [0.5, 0.6) is 0 Å². The van der Waals surface area contributed by atoms with Gasteiger partial charge in [-0.2, -0.15) is 0 Å². The highest BCUT2D eigenvalue weighted by molar-refractivity contribution is 6.21. The lowest BCUT2D eigenvalue weighted by Crippen LogP contribution is -2.47. The van der Waals surface area contributed by atoms with E-state index in [1.807, 2.05) is 13.8 Å². The first-order valence-corrected chi connectivity index (χ1v) is 7.94. The minimum atomic E-state index is -0.581. The number of carbonyl (C=O) groups is 3. The van der Waals surface area contributed by atoms with E-state index in [2.05, 4.69) is 5.32 Å². The van der Waals surface area contributed by atoms with Gasteiger partial charge in [0.2, 0.25) is 5.91 Å². The largest absolute Gasteiger partial charge is 0.354 e. The number of carbonyl (C=O) groups excluding carboxylic acids is 3. The molecule has 7 heteroatoms. The summed E-state index contributed by atoms with van der Waals surface area (Å²) >= 11 is 0. The van der Waals surface area contributed by atoms with Crippen molar-refractivity contribution in [1.29, 1.82) is 0 Å². The maximum absolute atomic E-state index is 12.3. The van der Waals surface area contributed by atoms with Crippen LogP contribution in [-0.4, -0.2) is 42.3 Å². The first-order valence-electron chi connectivity index (χ1n) is 7.94. The molecule has 3 N–H and O–H groups in total. The molecule has 24 heavy (non-hydrogen) atoms. The van der Waals surface area contributed by atoms with Gasteiger partial charge in [0, 0.05) is 19.6 Å². The third-order valence-electron chi connectivity index (χ3n) is 4.73. The number of benzene rings is 1. The summed E-state index contributed by atoms with van der Waals surface area (Å²) in [6.45, 7) is 4.53. The van der Waals surface area contributed by atoms with Crippen LogP contribution < -0.4 is 11.1 Å². The van der Waals surface area contributed by atoms with E-state index >= 15 is 0 Å². The van der Waals surface area contributed by atoms with Gasteiger partial charge in [-0.15, -0.1) is 12.4 Å². The van der Waals surface area contributed by atoms with Crippen LogP contribution in [0.2, 0.25) is 0 Å². The third kappa shape index (κ3) is 3.44. The van der Waals surface area contributed by atoms with E-state index in [1.54, 1.807) is 24.3 Å². The maximum atomic E-state index is 12.3. The Kier molecular flexibility index (Phi) is 6.93. The molecule has 132 valence electrons. The minimum Gasteiger partial charge on any atom is -0.354 e. The molecule has 0 aliphatic carbocycles. The zero-order valence-electron chi connectivity index (χ0n) is 14.0. The van der Waals surface area contributed by atoms with Crippen LogP contribution in [-0.2, 0) is 4.79 Å². The summed E-state index contributed by atoms with van der Waals surface area (Å²) in [5, 5.41) is 2.81. The summed E-state index contributed by atoms with van der Waals surface area (Å²) in [5.74, 6) is -0.742. The van der Waals surface area contributed by atoms with Gasteiger partial charge in [-0.25, -0.2) is 0 Å². The molecular formula is C17H24ClN3O3. The normalized spacial score (nSPS) is 13.5. The molecule has 3 amide bonds. The Morgan fingerprint density at radius 1 is 1.12 bits per heavy atom. The number of fused-ring (bicyclic) bond motifs is 1. The van der Waals surface area contributed by atoms with Crippen molar-refractivity contribution in [3.63, 3.8) is 0 Å². The molecule has 1 heterocycles. The van der Waals surface area contributed by atoms with Crippen molar-refractivity contribution in [2.24, 2.45) is 11.1 Å². The van der Waals surface area contributed by atoms with Crippen molar-refractivity contribution in [2.75, 3.05) is 19.6 Å². The first-order chi connectivity index (χ1) is 11.0. The Hall–Kier alpha value is -1.92. The van der Waals surface area contributed by atoms with Crippen LogP contribution >= 0.6 is 12.4 Å². The highest BCUT2D eigenvalue weighted by atomic mass is 35.5. The van der Waals surface area contributed by atoms with Gasteiger partial charge in [0.25, 0.3) is 11.8 Å². The minimum absolute atomic E-state index is 0. The molecule has 0 atom stereocenters. The molecule has 0 aromatic heterocycles. The van der Waals surface area contributed by atoms with Crippen LogP contribution in [0.15, 0.2) is 24.3 Å². The topological polar surface area (TPSA) is 92.5 Å². The summed E-state index contributed by atoms with van der Waals surface area (Å²) in [7, 11) is 0. The lowest BCUT2D eigenvalue weighted by atomic mass is 9.81. The molecule has 0 unspecified atom stereocenters. The van der Waals surface area contributed by atoms with Gasteiger partial charge in [-0.1, -0.05) is 26.0 Å². The lowest BCUT2D eigenvalue weighted by molar-refractivity contribution is -0.131. The van der Waals surface area contributed by atoms with Crippen LogP contribution in [0.3, 0.4) is 0 Å². The van der Waals surface area contributed by atoms with Gasteiger partial charge in [-0.05, 0) is 25.0 Å². The highest BCUT2D eigenvalue weighted by Crippen LogP contribution is 2.25. The van der Waals surface area contributed by atoms with Crippen LogP contribution in [0.1, 0.15) is 47.4 Å². The second-order valence-electron chi connectivity index (χ2n) is 5.75. The van der Waals surface area contributed by atoms with E-state index in [1.165, 1.54) is 4.90 Å². The SMILES string of the molecule is CCC(CC)(CN)C(=O)NCCN1C(=O)c2ccccc2C1=O.Cl. The molecule has 2 rings (SSSR count). The number of amides is 3. The number of nitrogens with zero attached hydrogens (tertiary/aromatic N) is 1. The van der Waals surface area contributed by atoms with Gasteiger partial charge in [0.05, 0.1) is 16.5 Å². The quantitative estimate of drug-likeness (QED) is 0.728. The molecule has 1 aromatic carbocycles. The molecule has 0 spiro atoms. The molecule has 0 bridgehead atoms. The number of halogens is 1. The summed E-state index contributed by atoms with van der Waals surface area (Å²) in [6.07, 6.45) is 1.30. The summed E-state index contributed by atoms with van der Waals surface area (Å²) in [6, 6.07) is 6.74. The van der Waals surface area contributed by atoms with E-state index in [0.717, 1.165) is 0 Å². The Bertz CT molecular complexity index is 586. The molecule has 0 saturated carbocycles. The molecule has 1 aliphatic heterocycles. The molecule has 1 aliphatic rings. The van der Waals surface area contributed by atoms with Crippen molar-refractivity contribution in [1.82, 2.24) is 10.2 Å². The Balaban J connectivity index is 0.00000288. The monoisotopic (exact) mass is 353 g/mol. The molecule has 0 saturated heterocycles. The van der Waals surface area contributed by atoms with E-state index in [4.69, 9.17) is 5.73 Å². The van der Waals surface area contributed by atoms with Gasteiger partial charge < -0.3 is 11.1 Å². The zero-order valence-corrected chi connectivity index (χ0v) is 14.8. The predicted octanol–water partition coefficient (Wildman–Crippen LogP) is 1.59. The van der Waals surface area contributed by atoms with Crippen LogP contribution in [0, 0.1) is 5.41 Å². The van der Waals surface area contributed by atoms with Crippen LogP contribution in [0.25, 0.3) is 0 Å². The molecule has 0 fully saturated rings. The highest BCUT2D eigenvalue weighted by Gasteiger charge is 2.36. The Morgan fingerprint density at radius 3 is 2.04 bits per heavy atom. The fourth-order valence-corrected chi connectivity index (χ4v) is 2.86. The average molecular weight is 354 g/mol. The van der Waals surface area contributed by atoms with E-state index < -0.39 is 5.41 Å². The average Bonchev–Trinajstić information content (AvgIpc) is 2.82. The van der Waals surface area contributed by atoms with E-state index in [9.17, 15) is 14.4 Å². The number of nitrogens with two attached hydrogens (primary N) is 1.